The minimum atomic E-state index is -0.466. The van der Waals surface area contributed by atoms with E-state index >= 15 is 0 Å². The average molecular weight is 569 g/mol. The Morgan fingerprint density at radius 1 is 1.05 bits per heavy atom. The van der Waals surface area contributed by atoms with Crippen molar-refractivity contribution in [2.24, 2.45) is 12.1 Å². The summed E-state index contributed by atoms with van der Waals surface area (Å²) in [4.78, 5) is 30.3. The predicted molar refractivity (Wildman–Crippen MR) is 162 cm³/mol. The third-order valence-corrected chi connectivity index (χ3v) is 7.06. The molecule has 0 atom stereocenters. The molecule has 5 rings (SSSR count). The van der Waals surface area contributed by atoms with Gasteiger partial charge >= 0.3 is 0 Å². The van der Waals surface area contributed by atoms with Crippen LogP contribution in [0.4, 0.5) is 10.8 Å². The molecule has 0 saturated heterocycles. The number of hydrogen-bond acceptors (Lipinski definition) is 8. The van der Waals surface area contributed by atoms with Gasteiger partial charge in [0, 0.05) is 18.0 Å². The zero-order valence-electron chi connectivity index (χ0n) is 22.7. The van der Waals surface area contributed by atoms with Crippen molar-refractivity contribution in [2.45, 2.75) is 6.92 Å². The molecule has 0 spiro atoms. The maximum atomic E-state index is 13.0. The number of ether oxygens (including phenoxy) is 2. The summed E-state index contributed by atoms with van der Waals surface area (Å²) in [5.74, 6) is 0.350. The van der Waals surface area contributed by atoms with Crippen LogP contribution in [0.5, 0.6) is 11.5 Å². The molecule has 2 heterocycles. The van der Waals surface area contributed by atoms with Gasteiger partial charge in [0.05, 0.1) is 30.4 Å². The first-order chi connectivity index (χ1) is 19.9. The van der Waals surface area contributed by atoms with Crippen LogP contribution in [0.3, 0.4) is 0 Å². The molecular weight excluding hydrogens is 540 g/mol. The Balaban J connectivity index is 1.20. The minimum absolute atomic E-state index is 0.201. The van der Waals surface area contributed by atoms with Gasteiger partial charge in [0.1, 0.15) is 5.69 Å². The standard InChI is InChI=1S/C30H28N6O4S/c1-20-28(29(38)36(35(20)2)23-12-8-5-9-13-23)33-27(37)18-40-25-15-14-21(16-26(25)39-3)17-31-34-30-32-24(19-41-30)22-10-6-4-7-11-22/h4-17,19H,18H2,1-3H3,(H,32,34)(H,33,37). The van der Waals surface area contributed by atoms with Crippen LogP contribution in [0.25, 0.3) is 16.9 Å². The molecule has 0 unspecified atom stereocenters. The lowest BCUT2D eigenvalue weighted by molar-refractivity contribution is -0.118. The Morgan fingerprint density at radius 2 is 1.78 bits per heavy atom. The SMILES string of the molecule is COc1cc(C=NNc2nc(-c3ccccc3)cs2)ccc1OCC(=O)Nc1c(C)n(C)n(-c2ccccc2)c1=O. The van der Waals surface area contributed by atoms with Crippen LogP contribution in [0, 0.1) is 6.92 Å². The van der Waals surface area contributed by atoms with Crippen molar-refractivity contribution in [2.75, 3.05) is 24.5 Å². The summed E-state index contributed by atoms with van der Waals surface area (Å²) in [5, 5.41) is 9.60. The van der Waals surface area contributed by atoms with Crippen LogP contribution < -0.4 is 25.8 Å². The van der Waals surface area contributed by atoms with E-state index in [4.69, 9.17) is 9.47 Å². The van der Waals surface area contributed by atoms with Crippen molar-refractivity contribution in [1.82, 2.24) is 14.3 Å². The second kappa shape index (κ2) is 12.3. The van der Waals surface area contributed by atoms with E-state index in [1.54, 1.807) is 43.1 Å². The number of benzene rings is 3. The second-order valence-electron chi connectivity index (χ2n) is 8.96. The van der Waals surface area contributed by atoms with Crippen LogP contribution in [-0.4, -0.2) is 40.2 Å². The predicted octanol–water partition coefficient (Wildman–Crippen LogP) is 5.08. The van der Waals surface area contributed by atoms with Crippen LogP contribution in [0.15, 0.2) is 94.1 Å². The number of nitrogens with one attached hydrogen (secondary N) is 2. The summed E-state index contributed by atoms with van der Waals surface area (Å²) < 4.78 is 14.4. The fourth-order valence-electron chi connectivity index (χ4n) is 4.14. The number of aromatic nitrogens is 3. The second-order valence-corrected chi connectivity index (χ2v) is 9.82. The highest BCUT2D eigenvalue weighted by Gasteiger charge is 2.18. The first-order valence-corrected chi connectivity index (χ1v) is 13.6. The number of para-hydroxylation sites is 1. The molecule has 2 N–H and O–H groups in total. The quantitative estimate of drug-likeness (QED) is 0.180. The topological polar surface area (TPSA) is 112 Å². The van der Waals surface area contributed by atoms with E-state index < -0.39 is 5.91 Å². The van der Waals surface area contributed by atoms with Gasteiger partial charge in [-0.05, 0) is 42.8 Å². The molecule has 0 saturated carbocycles. The zero-order valence-corrected chi connectivity index (χ0v) is 23.5. The maximum Gasteiger partial charge on any atom is 0.295 e. The highest BCUT2D eigenvalue weighted by atomic mass is 32.1. The third kappa shape index (κ3) is 6.20. The molecule has 0 fully saturated rings. The monoisotopic (exact) mass is 568 g/mol. The van der Waals surface area contributed by atoms with Crippen LogP contribution in [0.2, 0.25) is 0 Å². The molecule has 0 aliphatic rings. The molecule has 0 aliphatic carbocycles. The summed E-state index contributed by atoms with van der Waals surface area (Å²) in [6, 6.07) is 24.4. The van der Waals surface area contributed by atoms with Gasteiger partial charge in [-0.3, -0.25) is 19.7 Å². The zero-order chi connectivity index (χ0) is 28.8. The Hall–Kier alpha value is -5.16. The van der Waals surface area contributed by atoms with Crippen molar-refractivity contribution < 1.29 is 14.3 Å². The summed E-state index contributed by atoms with van der Waals surface area (Å²) in [7, 11) is 3.28. The molecule has 2 aromatic heterocycles. The minimum Gasteiger partial charge on any atom is -0.493 e. The van der Waals surface area contributed by atoms with Crippen molar-refractivity contribution >= 4 is 34.3 Å². The van der Waals surface area contributed by atoms with Crippen molar-refractivity contribution in [3.63, 3.8) is 0 Å². The van der Waals surface area contributed by atoms with Gasteiger partial charge in [-0.25, -0.2) is 9.67 Å². The molecule has 208 valence electrons. The summed E-state index contributed by atoms with van der Waals surface area (Å²) in [6.07, 6.45) is 1.64. The first-order valence-electron chi connectivity index (χ1n) is 12.7. The van der Waals surface area contributed by atoms with Crippen LogP contribution in [-0.2, 0) is 11.8 Å². The number of methoxy groups -OCH3 is 1. The largest absolute Gasteiger partial charge is 0.493 e. The van der Waals surface area contributed by atoms with Crippen LogP contribution >= 0.6 is 11.3 Å². The molecule has 0 radical (unpaired) electrons. The molecule has 1 amide bonds. The molecule has 3 aromatic carbocycles. The summed E-state index contributed by atoms with van der Waals surface area (Å²) in [6.45, 7) is 1.46. The van der Waals surface area contributed by atoms with Gasteiger partial charge in [0.2, 0.25) is 5.13 Å². The molecular formula is C30H28N6O4S. The molecule has 0 aliphatic heterocycles. The number of carbonyl (C=O) groups excluding carboxylic acids is 1. The highest BCUT2D eigenvalue weighted by molar-refractivity contribution is 7.14. The number of nitrogens with zero attached hydrogens (tertiary/aromatic N) is 4. The lowest BCUT2D eigenvalue weighted by Crippen LogP contribution is -2.25. The normalized spacial score (nSPS) is 11.0. The lowest BCUT2D eigenvalue weighted by Gasteiger charge is -2.11. The summed E-state index contributed by atoms with van der Waals surface area (Å²) >= 11 is 1.46. The molecule has 41 heavy (non-hydrogen) atoms. The lowest BCUT2D eigenvalue weighted by atomic mass is 10.2. The van der Waals surface area contributed by atoms with E-state index in [-0.39, 0.29) is 17.9 Å². The van der Waals surface area contributed by atoms with E-state index in [1.165, 1.54) is 23.1 Å². The fraction of sp³-hybridized carbons (Fsp3) is 0.133. The Labute approximate surface area is 240 Å². The highest BCUT2D eigenvalue weighted by Crippen LogP contribution is 2.28. The molecule has 10 nitrogen and oxygen atoms in total. The fourth-order valence-corrected chi connectivity index (χ4v) is 4.81. The Bertz CT molecular complexity index is 1740. The van der Waals surface area contributed by atoms with Gasteiger partial charge in [0.25, 0.3) is 11.5 Å². The van der Waals surface area contributed by atoms with E-state index in [0.717, 1.165) is 16.8 Å². The smallest absolute Gasteiger partial charge is 0.295 e. The van der Waals surface area contributed by atoms with Crippen molar-refractivity contribution in [3.8, 4) is 28.4 Å². The number of thiazole rings is 1. The number of carbonyl (C=O) groups is 1. The van der Waals surface area contributed by atoms with Gasteiger partial charge in [-0.2, -0.15) is 5.10 Å². The number of hydrazone groups is 1. The number of amides is 1. The van der Waals surface area contributed by atoms with Crippen molar-refractivity contribution in [1.29, 1.82) is 0 Å². The van der Waals surface area contributed by atoms with E-state index in [9.17, 15) is 9.59 Å². The van der Waals surface area contributed by atoms with Gasteiger partial charge in [-0.1, -0.05) is 48.5 Å². The Morgan fingerprint density at radius 3 is 2.51 bits per heavy atom. The van der Waals surface area contributed by atoms with Gasteiger partial charge < -0.3 is 14.8 Å². The van der Waals surface area contributed by atoms with Crippen LogP contribution in [0.1, 0.15) is 11.3 Å². The number of anilines is 2. The first kappa shape index (κ1) is 27.4. The van der Waals surface area contributed by atoms with E-state index in [0.29, 0.717) is 28.0 Å². The average Bonchev–Trinajstić information content (AvgIpc) is 3.56. The number of rotatable bonds is 10. The third-order valence-electron chi connectivity index (χ3n) is 6.31. The Kier molecular flexibility index (Phi) is 8.26. The van der Waals surface area contributed by atoms with Crippen molar-refractivity contribution in [3.05, 3.63) is 106 Å². The molecule has 0 bridgehead atoms. The molecule has 5 aromatic rings. The van der Waals surface area contributed by atoms with Gasteiger partial charge in [0.15, 0.2) is 18.1 Å². The van der Waals surface area contributed by atoms with Gasteiger partial charge in [-0.15, -0.1) is 11.3 Å². The van der Waals surface area contributed by atoms with E-state index in [2.05, 4.69) is 20.8 Å². The summed E-state index contributed by atoms with van der Waals surface area (Å²) in [5.41, 5.74) is 6.82. The number of hydrogen-bond donors (Lipinski definition) is 2. The van der Waals surface area contributed by atoms with E-state index in [1.807, 2.05) is 66.0 Å². The molecule has 11 heteroatoms. The maximum absolute atomic E-state index is 13.0.